The van der Waals surface area contributed by atoms with Crippen molar-refractivity contribution in [2.75, 3.05) is 18.0 Å². The number of hydrogen-bond acceptors (Lipinski definition) is 1. The fraction of sp³-hybridized carbons (Fsp3) is 0.647. The Balaban J connectivity index is 2.16. The number of rotatable bonds is 3. The highest BCUT2D eigenvalue weighted by atomic mass is 19.1. The maximum absolute atomic E-state index is 14.2. The van der Waals surface area contributed by atoms with Crippen molar-refractivity contribution in [1.29, 1.82) is 0 Å². The van der Waals surface area contributed by atoms with Gasteiger partial charge in [0.25, 0.3) is 0 Å². The van der Waals surface area contributed by atoms with Crippen molar-refractivity contribution in [3.63, 3.8) is 0 Å². The molecule has 0 N–H and O–H groups in total. The average molecular weight is 281 g/mol. The summed E-state index contributed by atoms with van der Waals surface area (Å²) in [5, 5.41) is 0. The molecule has 3 heteroatoms. The summed E-state index contributed by atoms with van der Waals surface area (Å²) in [4.78, 5) is 1.99. The summed E-state index contributed by atoms with van der Waals surface area (Å²) in [5.74, 6) is 0.793. The van der Waals surface area contributed by atoms with E-state index in [-0.39, 0.29) is 17.6 Å². The van der Waals surface area contributed by atoms with Gasteiger partial charge < -0.3 is 4.90 Å². The Kier molecular flexibility index (Phi) is 4.66. The molecule has 1 aromatic rings. The lowest BCUT2D eigenvalue weighted by Gasteiger charge is -2.35. The number of anilines is 1. The van der Waals surface area contributed by atoms with Crippen LogP contribution in [0.25, 0.3) is 0 Å². The van der Waals surface area contributed by atoms with Gasteiger partial charge in [-0.3, -0.25) is 0 Å². The molecule has 0 aliphatic carbocycles. The molecule has 1 aliphatic heterocycles. The van der Waals surface area contributed by atoms with Gasteiger partial charge in [0.1, 0.15) is 11.6 Å². The van der Waals surface area contributed by atoms with Gasteiger partial charge in [0.15, 0.2) is 0 Å². The van der Waals surface area contributed by atoms with Gasteiger partial charge in [-0.25, -0.2) is 8.78 Å². The third kappa shape index (κ3) is 3.13. The lowest BCUT2D eigenvalue weighted by molar-refractivity contribution is 0.310. The second kappa shape index (κ2) is 6.11. The standard InChI is InChI=1S/C17H25F2N/c1-11(2)13-5-7-20(8-6-13)17-10-15(18)14(12(3)4)9-16(17)19/h9-13H,5-8H2,1-4H3. The first-order valence-electron chi connectivity index (χ1n) is 7.64. The molecule has 0 amide bonds. The summed E-state index contributed by atoms with van der Waals surface area (Å²) < 4.78 is 28.3. The lowest BCUT2D eigenvalue weighted by atomic mass is 9.86. The predicted molar refractivity (Wildman–Crippen MR) is 80.2 cm³/mol. The van der Waals surface area contributed by atoms with Crippen LogP contribution < -0.4 is 4.90 Å². The second-order valence-electron chi connectivity index (χ2n) is 6.55. The van der Waals surface area contributed by atoms with E-state index in [1.54, 1.807) is 0 Å². The van der Waals surface area contributed by atoms with Gasteiger partial charge in [0.05, 0.1) is 5.69 Å². The number of halogens is 2. The number of hydrogen-bond donors (Lipinski definition) is 0. The molecule has 2 rings (SSSR count). The first-order valence-corrected chi connectivity index (χ1v) is 7.64. The molecule has 0 spiro atoms. The summed E-state index contributed by atoms with van der Waals surface area (Å²) in [6, 6.07) is 2.74. The molecule has 1 aliphatic rings. The van der Waals surface area contributed by atoms with Gasteiger partial charge in [-0.2, -0.15) is 0 Å². The molecular weight excluding hydrogens is 256 g/mol. The maximum atomic E-state index is 14.2. The predicted octanol–water partition coefficient (Wildman–Crippen LogP) is 4.96. The van der Waals surface area contributed by atoms with Crippen molar-refractivity contribution in [2.45, 2.75) is 46.5 Å². The van der Waals surface area contributed by atoms with Crippen molar-refractivity contribution in [3.8, 4) is 0 Å². The minimum absolute atomic E-state index is 0.00484. The molecule has 1 saturated heterocycles. The third-order valence-electron chi connectivity index (χ3n) is 4.51. The topological polar surface area (TPSA) is 3.24 Å². The van der Waals surface area contributed by atoms with Crippen LogP contribution in [0.3, 0.4) is 0 Å². The van der Waals surface area contributed by atoms with Crippen molar-refractivity contribution in [1.82, 2.24) is 0 Å². The fourth-order valence-electron chi connectivity index (χ4n) is 3.04. The molecule has 0 aromatic heterocycles. The zero-order valence-corrected chi connectivity index (χ0v) is 12.9. The molecule has 1 fully saturated rings. The highest BCUT2D eigenvalue weighted by Gasteiger charge is 2.24. The monoisotopic (exact) mass is 281 g/mol. The molecule has 1 heterocycles. The van der Waals surface area contributed by atoms with E-state index >= 15 is 0 Å². The van der Waals surface area contributed by atoms with E-state index in [1.807, 2.05) is 18.7 Å². The molecule has 0 radical (unpaired) electrons. The Bertz CT molecular complexity index is 460. The molecule has 1 aromatic carbocycles. The van der Waals surface area contributed by atoms with E-state index in [2.05, 4.69) is 13.8 Å². The van der Waals surface area contributed by atoms with E-state index in [4.69, 9.17) is 0 Å². The zero-order chi connectivity index (χ0) is 14.9. The first kappa shape index (κ1) is 15.3. The van der Waals surface area contributed by atoms with Crippen molar-refractivity contribution in [2.24, 2.45) is 11.8 Å². The minimum Gasteiger partial charge on any atom is -0.369 e. The van der Waals surface area contributed by atoms with Gasteiger partial charge in [0.2, 0.25) is 0 Å². The number of benzene rings is 1. The van der Waals surface area contributed by atoms with Crippen LogP contribution >= 0.6 is 0 Å². The smallest absolute Gasteiger partial charge is 0.146 e. The van der Waals surface area contributed by atoms with Crippen LogP contribution in [0.15, 0.2) is 12.1 Å². The van der Waals surface area contributed by atoms with Gasteiger partial charge in [-0.05, 0) is 42.2 Å². The van der Waals surface area contributed by atoms with Gasteiger partial charge in [0, 0.05) is 19.2 Å². The molecule has 0 bridgehead atoms. The summed E-state index contributed by atoms with van der Waals surface area (Å²) in [6.45, 7) is 9.87. The van der Waals surface area contributed by atoms with Gasteiger partial charge in [-0.1, -0.05) is 27.7 Å². The van der Waals surface area contributed by atoms with E-state index in [9.17, 15) is 8.78 Å². The third-order valence-corrected chi connectivity index (χ3v) is 4.51. The average Bonchev–Trinajstić information content (AvgIpc) is 2.40. The van der Waals surface area contributed by atoms with Crippen molar-refractivity contribution in [3.05, 3.63) is 29.3 Å². The van der Waals surface area contributed by atoms with E-state index in [0.29, 0.717) is 23.1 Å². The summed E-state index contributed by atoms with van der Waals surface area (Å²) in [6.07, 6.45) is 2.12. The molecule has 0 atom stereocenters. The number of nitrogens with zero attached hydrogens (tertiary/aromatic N) is 1. The van der Waals surface area contributed by atoms with Gasteiger partial charge >= 0.3 is 0 Å². The van der Waals surface area contributed by atoms with Crippen LogP contribution in [0.5, 0.6) is 0 Å². The van der Waals surface area contributed by atoms with Crippen molar-refractivity contribution < 1.29 is 8.78 Å². The van der Waals surface area contributed by atoms with E-state index < -0.39 is 0 Å². The zero-order valence-electron chi connectivity index (χ0n) is 12.9. The van der Waals surface area contributed by atoms with Crippen LogP contribution in [-0.4, -0.2) is 13.1 Å². The normalized spacial score (nSPS) is 17.3. The number of piperidine rings is 1. The van der Waals surface area contributed by atoms with Crippen LogP contribution in [0, 0.1) is 23.5 Å². The Hall–Kier alpha value is -1.12. The van der Waals surface area contributed by atoms with Gasteiger partial charge in [-0.15, -0.1) is 0 Å². The Labute approximate surface area is 121 Å². The highest BCUT2D eigenvalue weighted by Crippen LogP contribution is 2.31. The largest absolute Gasteiger partial charge is 0.369 e. The summed E-state index contributed by atoms with van der Waals surface area (Å²) >= 11 is 0. The van der Waals surface area contributed by atoms with E-state index in [1.165, 1.54) is 12.1 Å². The van der Waals surface area contributed by atoms with E-state index in [0.717, 1.165) is 25.9 Å². The van der Waals surface area contributed by atoms with Crippen LogP contribution in [0.2, 0.25) is 0 Å². The summed E-state index contributed by atoms with van der Waals surface area (Å²) in [7, 11) is 0. The van der Waals surface area contributed by atoms with Crippen LogP contribution in [-0.2, 0) is 0 Å². The summed E-state index contributed by atoms with van der Waals surface area (Å²) in [5.41, 5.74) is 0.887. The Morgan fingerprint density at radius 2 is 1.60 bits per heavy atom. The first-order chi connectivity index (χ1) is 9.40. The molecular formula is C17H25F2N. The SMILES string of the molecule is CC(C)c1cc(F)c(N2CCC(C(C)C)CC2)cc1F. The maximum Gasteiger partial charge on any atom is 0.146 e. The molecule has 112 valence electrons. The Morgan fingerprint density at radius 1 is 1.00 bits per heavy atom. The van der Waals surface area contributed by atoms with Crippen LogP contribution in [0.4, 0.5) is 14.5 Å². The minimum atomic E-state index is -0.293. The quantitative estimate of drug-likeness (QED) is 0.757. The molecule has 0 unspecified atom stereocenters. The molecule has 1 nitrogen and oxygen atoms in total. The Morgan fingerprint density at radius 3 is 2.10 bits per heavy atom. The lowest BCUT2D eigenvalue weighted by Crippen LogP contribution is -2.35. The second-order valence-corrected chi connectivity index (χ2v) is 6.55. The van der Waals surface area contributed by atoms with Crippen molar-refractivity contribution >= 4 is 5.69 Å². The molecule has 0 saturated carbocycles. The van der Waals surface area contributed by atoms with Crippen LogP contribution in [0.1, 0.15) is 52.0 Å². The highest BCUT2D eigenvalue weighted by molar-refractivity contribution is 5.50. The fourth-order valence-corrected chi connectivity index (χ4v) is 3.04. The molecule has 20 heavy (non-hydrogen) atoms.